The summed E-state index contributed by atoms with van der Waals surface area (Å²) in [6, 6.07) is 12.2. The Balaban J connectivity index is 1.46. The Kier molecular flexibility index (Phi) is 5.92. The van der Waals surface area contributed by atoms with Gasteiger partial charge in [0.05, 0.1) is 23.5 Å². The minimum atomic E-state index is -0.225. The lowest BCUT2D eigenvalue weighted by atomic mass is 9.91. The molecule has 0 aliphatic heterocycles. The van der Waals surface area contributed by atoms with Crippen LogP contribution in [0.2, 0.25) is 5.02 Å². The molecule has 32 heavy (non-hydrogen) atoms. The number of aryl methyl sites for hydroxylation is 2. The highest BCUT2D eigenvalue weighted by molar-refractivity contribution is 6.30. The van der Waals surface area contributed by atoms with Crippen LogP contribution < -0.4 is 5.32 Å². The van der Waals surface area contributed by atoms with Gasteiger partial charge in [0.25, 0.3) is 0 Å². The number of hydrogen-bond acceptors (Lipinski definition) is 3. The minimum absolute atomic E-state index is 0.118. The van der Waals surface area contributed by atoms with Gasteiger partial charge in [-0.3, -0.25) is 4.79 Å². The maximum absolute atomic E-state index is 13.7. The Morgan fingerprint density at radius 3 is 2.62 bits per heavy atom. The van der Waals surface area contributed by atoms with Crippen LogP contribution in [-0.2, 0) is 30.5 Å². The summed E-state index contributed by atoms with van der Waals surface area (Å²) in [6.07, 6.45) is 7.29. The summed E-state index contributed by atoms with van der Waals surface area (Å²) < 4.78 is 13.7. The van der Waals surface area contributed by atoms with Gasteiger partial charge < -0.3 is 5.32 Å². The van der Waals surface area contributed by atoms with Gasteiger partial charge in [-0.25, -0.2) is 14.4 Å². The van der Waals surface area contributed by atoms with E-state index in [0.717, 1.165) is 46.6 Å². The van der Waals surface area contributed by atoms with Crippen molar-refractivity contribution in [1.29, 1.82) is 0 Å². The normalized spacial score (nSPS) is 15.3. The first-order valence-electron chi connectivity index (χ1n) is 11.3. The van der Waals surface area contributed by atoms with Crippen LogP contribution in [-0.4, -0.2) is 15.9 Å². The van der Waals surface area contributed by atoms with Crippen molar-refractivity contribution in [2.75, 3.05) is 5.32 Å². The second-order valence-electron chi connectivity index (χ2n) is 8.82. The van der Waals surface area contributed by atoms with Gasteiger partial charge in [-0.15, -0.1) is 0 Å². The van der Waals surface area contributed by atoms with Crippen LogP contribution >= 0.6 is 11.6 Å². The molecule has 164 valence electrons. The standard InChI is InChI=1S/C26H25ClFN3O/c27-19-8-5-17(6-9-19)14-24(32)31-26-23(13-16-3-1-2-4-16)29-25-21-11-10-20(28)15-18(21)7-12-22(25)30-26/h5-6,8-11,15-16H,1-4,7,12-14H2,(H,30,31,32). The Hall–Kier alpha value is -2.79. The van der Waals surface area contributed by atoms with Crippen LogP contribution in [0.25, 0.3) is 11.3 Å². The third-order valence-electron chi connectivity index (χ3n) is 6.49. The van der Waals surface area contributed by atoms with Crippen LogP contribution in [0, 0.1) is 11.7 Å². The van der Waals surface area contributed by atoms with Gasteiger partial charge in [-0.05, 0) is 66.6 Å². The van der Waals surface area contributed by atoms with E-state index >= 15 is 0 Å². The van der Waals surface area contributed by atoms with E-state index in [-0.39, 0.29) is 18.1 Å². The SMILES string of the molecule is O=C(Cc1ccc(Cl)cc1)Nc1nc2c(nc1CC1CCCC1)-c1ccc(F)cc1CC2. The molecule has 4 nitrogen and oxygen atoms in total. The molecule has 1 aromatic heterocycles. The number of anilines is 1. The number of rotatable bonds is 5. The van der Waals surface area contributed by atoms with Crippen molar-refractivity contribution in [3.63, 3.8) is 0 Å². The zero-order valence-electron chi connectivity index (χ0n) is 17.8. The van der Waals surface area contributed by atoms with Crippen molar-refractivity contribution in [3.05, 3.63) is 75.8 Å². The van der Waals surface area contributed by atoms with E-state index < -0.39 is 0 Å². The average molecular weight is 450 g/mol. The van der Waals surface area contributed by atoms with E-state index in [1.807, 2.05) is 12.1 Å². The van der Waals surface area contributed by atoms with E-state index in [0.29, 0.717) is 23.2 Å². The van der Waals surface area contributed by atoms with Crippen molar-refractivity contribution in [2.24, 2.45) is 5.92 Å². The van der Waals surface area contributed by atoms with E-state index in [4.69, 9.17) is 21.6 Å². The molecule has 1 heterocycles. The molecule has 1 amide bonds. The lowest BCUT2D eigenvalue weighted by molar-refractivity contribution is -0.115. The van der Waals surface area contributed by atoms with Crippen LogP contribution in [0.1, 0.15) is 48.2 Å². The maximum atomic E-state index is 13.7. The van der Waals surface area contributed by atoms with Gasteiger partial charge >= 0.3 is 0 Å². The van der Waals surface area contributed by atoms with Gasteiger partial charge in [-0.1, -0.05) is 49.4 Å². The molecule has 2 aliphatic carbocycles. The predicted octanol–water partition coefficient (Wildman–Crippen LogP) is 5.95. The lowest BCUT2D eigenvalue weighted by Crippen LogP contribution is -2.20. The number of nitrogens with one attached hydrogen (secondary N) is 1. The molecule has 6 heteroatoms. The first kappa shape index (κ1) is 21.1. The summed E-state index contributed by atoms with van der Waals surface area (Å²) in [4.78, 5) is 22.7. The van der Waals surface area contributed by atoms with E-state index in [1.165, 1.54) is 31.7 Å². The summed E-state index contributed by atoms with van der Waals surface area (Å²) in [5, 5.41) is 3.67. The maximum Gasteiger partial charge on any atom is 0.229 e. The number of carbonyl (C=O) groups excluding carboxylic acids is 1. The van der Waals surface area contributed by atoms with Gasteiger partial charge in [0, 0.05) is 10.6 Å². The minimum Gasteiger partial charge on any atom is -0.309 e. The monoisotopic (exact) mass is 449 g/mol. The zero-order chi connectivity index (χ0) is 22.1. The fraction of sp³-hybridized carbons (Fsp3) is 0.346. The number of hydrogen-bond donors (Lipinski definition) is 1. The number of halogens is 2. The summed E-state index contributed by atoms with van der Waals surface area (Å²) in [5.41, 5.74) is 5.34. The Morgan fingerprint density at radius 2 is 1.84 bits per heavy atom. The highest BCUT2D eigenvalue weighted by Gasteiger charge is 2.25. The van der Waals surface area contributed by atoms with Gasteiger partial charge in [-0.2, -0.15) is 0 Å². The Bertz CT molecular complexity index is 1160. The van der Waals surface area contributed by atoms with E-state index in [9.17, 15) is 9.18 Å². The number of benzene rings is 2. The average Bonchev–Trinajstić information content (AvgIpc) is 3.29. The van der Waals surface area contributed by atoms with E-state index in [2.05, 4.69) is 5.32 Å². The first-order chi connectivity index (χ1) is 15.5. The first-order valence-corrected chi connectivity index (χ1v) is 11.7. The molecule has 0 bridgehead atoms. The van der Waals surface area contributed by atoms with Gasteiger partial charge in [0.15, 0.2) is 5.82 Å². The Labute approximate surface area is 192 Å². The summed E-state index contributed by atoms with van der Waals surface area (Å²) >= 11 is 5.95. The molecule has 0 atom stereocenters. The molecular formula is C26H25ClFN3O. The molecule has 0 unspecified atom stereocenters. The number of carbonyl (C=O) groups is 1. The molecule has 2 aliphatic rings. The molecule has 0 saturated heterocycles. The second kappa shape index (κ2) is 8.99. The molecule has 1 N–H and O–H groups in total. The van der Waals surface area contributed by atoms with Crippen LogP contribution in [0.4, 0.5) is 10.2 Å². The number of nitrogens with zero attached hydrogens (tertiary/aromatic N) is 2. The highest BCUT2D eigenvalue weighted by atomic mass is 35.5. The van der Waals surface area contributed by atoms with Crippen molar-refractivity contribution < 1.29 is 9.18 Å². The second-order valence-corrected chi connectivity index (χ2v) is 9.26. The van der Waals surface area contributed by atoms with Crippen molar-refractivity contribution in [3.8, 4) is 11.3 Å². The molecule has 5 rings (SSSR count). The van der Waals surface area contributed by atoms with Crippen LogP contribution in [0.15, 0.2) is 42.5 Å². The molecule has 1 fully saturated rings. The van der Waals surface area contributed by atoms with E-state index in [1.54, 1.807) is 24.3 Å². The van der Waals surface area contributed by atoms with Crippen molar-refractivity contribution >= 4 is 23.3 Å². The topological polar surface area (TPSA) is 54.9 Å². The van der Waals surface area contributed by atoms with Gasteiger partial charge in [0.1, 0.15) is 5.82 Å². The summed E-state index contributed by atoms with van der Waals surface area (Å²) in [5.74, 6) is 0.788. The summed E-state index contributed by atoms with van der Waals surface area (Å²) in [7, 11) is 0. The molecule has 3 aromatic rings. The third kappa shape index (κ3) is 4.53. The highest BCUT2D eigenvalue weighted by Crippen LogP contribution is 2.35. The lowest BCUT2D eigenvalue weighted by Gasteiger charge is -2.22. The van der Waals surface area contributed by atoms with Gasteiger partial charge in [0.2, 0.25) is 5.91 Å². The quantitative estimate of drug-likeness (QED) is 0.523. The number of fused-ring (bicyclic) bond motifs is 3. The number of aromatic nitrogens is 2. The fourth-order valence-electron chi connectivity index (χ4n) is 4.84. The molecule has 1 saturated carbocycles. The Morgan fingerprint density at radius 1 is 1.06 bits per heavy atom. The molecule has 2 aromatic carbocycles. The van der Waals surface area contributed by atoms with Crippen molar-refractivity contribution in [2.45, 2.75) is 51.4 Å². The smallest absolute Gasteiger partial charge is 0.229 e. The summed E-state index contributed by atoms with van der Waals surface area (Å²) in [6.45, 7) is 0. The van der Waals surface area contributed by atoms with Crippen LogP contribution in [0.5, 0.6) is 0 Å². The number of amides is 1. The molecule has 0 spiro atoms. The largest absolute Gasteiger partial charge is 0.309 e. The van der Waals surface area contributed by atoms with Crippen molar-refractivity contribution in [1.82, 2.24) is 9.97 Å². The third-order valence-corrected chi connectivity index (χ3v) is 6.74. The fourth-order valence-corrected chi connectivity index (χ4v) is 4.97. The molecule has 0 radical (unpaired) electrons. The van der Waals surface area contributed by atoms with Crippen LogP contribution in [0.3, 0.4) is 0 Å². The predicted molar refractivity (Wildman–Crippen MR) is 124 cm³/mol. The molecular weight excluding hydrogens is 425 g/mol. The zero-order valence-corrected chi connectivity index (χ0v) is 18.6.